The van der Waals surface area contributed by atoms with Gasteiger partial charge in [0.15, 0.2) is 0 Å². The summed E-state index contributed by atoms with van der Waals surface area (Å²) in [5, 5.41) is 3.07. The number of hydrogen-bond donors (Lipinski definition) is 1. The average molecular weight is 199 g/mol. The van der Waals surface area contributed by atoms with E-state index < -0.39 is 11.6 Å². The Morgan fingerprint density at radius 2 is 2.29 bits per heavy atom. The summed E-state index contributed by atoms with van der Waals surface area (Å²) in [6.45, 7) is 3.02. The third kappa shape index (κ3) is 1.46. The van der Waals surface area contributed by atoms with Crippen molar-refractivity contribution in [3.8, 4) is 5.75 Å². The van der Waals surface area contributed by atoms with Gasteiger partial charge in [-0.3, -0.25) is 0 Å². The molecular weight excluding hydrogens is 188 g/mol. The Balaban J connectivity index is 2.39. The Bertz CT molecular complexity index is 354. The van der Waals surface area contributed by atoms with E-state index in [0.717, 1.165) is 12.6 Å². The van der Waals surface area contributed by atoms with Gasteiger partial charge in [-0.05, 0) is 6.54 Å². The molecule has 1 aliphatic rings. The molecule has 1 aliphatic heterocycles. The molecule has 0 aliphatic carbocycles. The third-order valence-electron chi connectivity index (χ3n) is 2.26. The van der Waals surface area contributed by atoms with E-state index in [1.165, 1.54) is 6.07 Å². The minimum absolute atomic E-state index is 0.157. The van der Waals surface area contributed by atoms with Gasteiger partial charge >= 0.3 is 0 Å². The Hall–Kier alpha value is -1.16. The van der Waals surface area contributed by atoms with Crippen LogP contribution in [-0.4, -0.2) is 13.2 Å². The molecule has 2 nitrogen and oxygen atoms in total. The van der Waals surface area contributed by atoms with Crippen molar-refractivity contribution in [2.24, 2.45) is 0 Å². The fourth-order valence-corrected chi connectivity index (χ4v) is 1.68. The number of halogens is 2. The van der Waals surface area contributed by atoms with E-state index in [-0.39, 0.29) is 6.04 Å². The highest BCUT2D eigenvalue weighted by Crippen LogP contribution is 2.34. The molecule has 1 aromatic rings. The van der Waals surface area contributed by atoms with Crippen molar-refractivity contribution in [1.29, 1.82) is 0 Å². The number of nitrogens with one attached hydrogen (secondary N) is 1. The van der Waals surface area contributed by atoms with E-state index in [2.05, 4.69) is 5.32 Å². The van der Waals surface area contributed by atoms with E-state index >= 15 is 0 Å². The molecule has 1 heterocycles. The van der Waals surface area contributed by atoms with Gasteiger partial charge in [-0.1, -0.05) is 6.92 Å². The van der Waals surface area contributed by atoms with Gasteiger partial charge in [0.25, 0.3) is 0 Å². The SMILES string of the molecule is CCNC1COc2cc(F)cc(F)c21. The van der Waals surface area contributed by atoms with Crippen LogP contribution in [0.25, 0.3) is 0 Å². The number of rotatable bonds is 2. The van der Waals surface area contributed by atoms with Crippen LogP contribution in [0.1, 0.15) is 18.5 Å². The molecule has 14 heavy (non-hydrogen) atoms. The van der Waals surface area contributed by atoms with Crippen LogP contribution < -0.4 is 10.1 Å². The lowest BCUT2D eigenvalue weighted by Crippen LogP contribution is -2.22. The van der Waals surface area contributed by atoms with Crippen LogP contribution in [0.2, 0.25) is 0 Å². The van der Waals surface area contributed by atoms with E-state index in [0.29, 0.717) is 17.9 Å². The van der Waals surface area contributed by atoms with E-state index in [1.807, 2.05) is 6.92 Å². The average Bonchev–Trinajstić information content (AvgIpc) is 2.49. The highest BCUT2D eigenvalue weighted by atomic mass is 19.1. The Morgan fingerprint density at radius 3 is 3.00 bits per heavy atom. The second kappa shape index (κ2) is 3.53. The molecule has 76 valence electrons. The normalized spacial score (nSPS) is 19.2. The lowest BCUT2D eigenvalue weighted by Gasteiger charge is -2.09. The maximum absolute atomic E-state index is 13.4. The van der Waals surface area contributed by atoms with Gasteiger partial charge in [0.05, 0.1) is 11.6 Å². The molecule has 1 N–H and O–H groups in total. The topological polar surface area (TPSA) is 21.3 Å². The van der Waals surface area contributed by atoms with Gasteiger partial charge in [-0.2, -0.15) is 0 Å². The monoisotopic (exact) mass is 199 g/mol. The second-order valence-corrected chi connectivity index (χ2v) is 3.22. The molecule has 0 fully saturated rings. The first-order valence-corrected chi connectivity index (χ1v) is 4.57. The summed E-state index contributed by atoms with van der Waals surface area (Å²) < 4.78 is 31.3. The Morgan fingerprint density at radius 1 is 1.50 bits per heavy atom. The number of hydrogen-bond acceptors (Lipinski definition) is 2. The summed E-state index contributed by atoms with van der Waals surface area (Å²) >= 11 is 0. The fourth-order valence-electron chi connectivity index (χ4n) is 1.68. The largest absolute Gasteiger partial charge is 0.491 e. The van der Waals surface area contributed by atoms with Crippen LogP contribution in [0.4, 0.5) is 8.78 Å². The molecule has 1 atom stereocenters. The molecule has 2 rings (SSSR count). The summed E-state index contributed by atoms with van der Waals surface area (Å²) in [5.74, 6) is -0.824. The van der Waals surface area contributed by atoms with Crippen LogP contribution in [-0.2, 0) is 0 Å². The van der Waals surface area contributed by atoms with Gasteiger partial charge in [-0.15, -0.1) is 0 Å². The Kier molecular flexibility index (Phi) is 2.37. The fraction of sp³-hybridized carbons (Fsp3) is 0.400. The third-order valence-corrected chi connectivity index (χ3v) is 2.26. The van der Waals surface area contributed by atoms with Crippen LogP contribution in [0.3, 0.4) is 0 Å². The van der Waals surface area contributed by atoms with Gasteiger partial charge in [0, 0.05) is 12.1 Å². The highest BCUT2D eigenvalue weighted by molar-refractivity contribution is 5.40. The minimum Gasteiger partial charge on any atom is -0.491 e. The molecule has 0 aromatic heterocycles. The molecule has 0 radical (unpaired) electrons. The van der Waals surface area contributed by atoms with Crippen LogP contribution in [0, 0.1) is 11.6 Å². The summed E-state index contributed by atoms with van der Waals surface area (Å²) in [4.78, 5) is 0. The molecule has 0 saturated heterocycles. The summed E-state index contributed by atoms with van der Waals surface area (Å²) in [6.07, 6.45) is 0. The zero-order chi connectivity index (χ0) is 10.1. The number of likely N-dealkylation sites (N-methyl/N-ethyl adjacent to an activating group) is 1. The van der Waals surface area contributed by atoms with Crippen molar-refractivity contribution >= 4 is 0 Å². The quantitative estimate of drug-likeness (QED) is 0.786. The van der Waals surface area contributed by atoms with E-state index in [1.54, 1.807) is 0 Å². The summed E-state index contributed by atoms with van der Waals surface area (Å²) in [7, 11) is 0. The first kappa shape index (κ1) is 9.40. The molecular formula is C10H11F2NO. The van der Waals surface area contributed by atoms with Crippen LogP contribution >= 0.6 is 0 Å². The molecule has 4 heteroatoms. The maximum Gasteiger partial charge on any atom is 0.134 e. The van der Waals surface area contributed by atoms with Gasteiger partial charge in [-0.25, -0.2) is 8.78 Å². The standard InChI is InChI=1S/C10H11F2NO/c1-2-13-8-5-14-9-4-6(11)3-7(12)10(8)9/h3-4,8,13H,2,5H2,1H3. The summed E-state index contributed by atoms with van der Waals surface area (Å²) in [6, 6.07) is 1.95. The zero-order valence-electron chi connectivity index (χ0n) is 7.81. The maximum atomic E-state index is 13.4. The first-order chi connectivity index (χ1) is 6.72. The summed E-state index contributed by atoms with van der Waals surface area (Å²) in [5.41, 5.74) is 0.438. The highest BCUT2D eigenvalue weighted by Gasteiger charge is 2.27. The van der Waals surface area contributed by atoms with E-state index in [9.17, 15) is 8.78 Å². The lowest BCUT2D eigenvalue weighted by molar-refractivity contribution is 0.312. The second-order valence-electron chi connectivity index (χ2n) is 3.22. The van der Waals surface area contributed by atoms with Crippen molar-refractivity contribution in [3.05, 3.63) is 29.3 Å². The molecule has 1 aromatic carbocycles. The molecule has 1 unspecified atom stereocenters. The molecule has 0 spiro atoms. The molecule has 0 saturated carbocycles. The van der Waals surface area contributed by atoms with Gasteiger partial charge in [0.1, 0.15) is 24.0 Å². The van der Waals surface area contributed by atoms with Crippen molar-refractivity contribution in [2.75, 3.05) is 13.2 Å². The predicted octanol–water partition coefficient (Wildman–Crippen LogP) is 2.01. The van der Waals surface area contributed by atoms with E-state index in [4.69, 9.17) is 4.74 Å². The molecule has 0 bridgehead atoms. The smallest absolute Gasteiger partial charge is 0.134 e. The van der Waals surface area contributed by atoms with Crippen LogP contribution in [0.5, 0.6) is 5.75 Å². The number of benzene rings is 1. The first-order valence-electron chi connectivity index (χ1n) is 4.57. The predicted molar refractivity (Wildman–Crippen MR) is 48.3 cm³/mol. The van der Waals surface area contributed by atoms with Crippen molar-refractivity contribution < 1.29 is 13.5 Å². The number of ether oxygens (including phenoxy) is 1. The minimum atomic E-state index is -0.599. The van der Waals surface area contributed by atoms with Gasteiger partial charge in [0.2, 0.25) is 0 Å². The van der Waals surface area contributed by atoms with Crippen molar-refractivity contribution in [2.45, 2.75) is 13.0 Å². The lowest BCUT2D eigenvalue weighted by atomic mass is 10.1. The Labute approximate surface area is 80.9 Å². The van der Waals surface area contributed by atoms with Crippen LogP contribution in [0.15, 0.2) is 12.1 Å². The zero-order valence-corrected chi connectivity index (χ0v) is 7.81. The van der Waals surface area contributed by atoms with Gasteiger partial charge < -0.3 is 10.1 Å². The number of fused-ring (bicyclic) bond motifs is 1. The van der Waals surface area contributed by atoms with Crippen molar-refractivity contribution in [1.82, 2.24) is 5.32 Å². The van der Waals surface area contributed by atoms with Crippen molar-refractivity contribution in [3.63, 3.8) is 0 Å². The molecule has 0 amide bonds.